The maximum absolute atomic E-state index is 13.2. The molecule has 1 amide bonds. The zero-order valence-corrected chi connectivity index (χ0v) is 14.8. The minimum atomic E-state index is -4.49. The molecular formula is C19H19F3N2O4. The summed E-state index contributed by atoms with van der Waals surface area (Å²) in [6.07, 6.45) is -2.70. The van der Waals surface area contributed by atoms with Gasteiger partial charge in [0.25, 0.3) is 0 Å². The van der Waals surface area contributed by atoms with E-state index >= 15 is 0 Å². The van der Waals surface area contributed by atoms with Crippen molar-refractivity contribution in [3.8, 4) is 11.3 Å². The summed E-state index contributed by atoms with van der Waals surface area (Å²) in [4.78, 5) is 24.3. The molecule has 3 rings (SSSR count). The third-order valence-electron chi connectivity index (χ3n) is 4.37. The van der Waals surface area contributed by atoms with Gasteiger partial charge in [0.05, 0.1) is 18.7 Å². The van der Waals surface area contributed by atoms with Crippen molar-refractivity contribution in [1.29, 1.82) is 0 Å². The lowest BCUT2D eigenvalue weighted by molar-refractivity contribution is -0.138. The van der Waals surface area contributed by atoms with Gasteiger partial charge in [-0.05, 0) is 31.0 Å². The molecule has 28 heavy (non-hydrogen) atoms. The Morgan fingerprint density at radius 3 is 2.54 bits per heavy atom. The number of carbonyl (C=O) groups excluding carboxylic acids is 1. The van der Waals surface area contributed by atoms with Gasteiger partial charge in [0.15, 0.2) is 0 Å². The minimum absolute atomic E-state index is 0.00683. The molecule has 1 fully saturated rings. The normalized spacial score (nSPS) is 14.3. The van der Waals surface area contributed by atoms with Crippen LogP contribution in [0.15, 0.2) is 40.8 Å². The van der Waals surface area contributed by atoms with E-state index in [4.69, 9.17) is 9.52 Å². The van der Waals surface area contributed by atoms with Gasteiger partial charge in [-0.25, -0.2) is 0 Å². The lowest BCUT2D eigenvalue weighted by Gasteiger charge is -2.20. The molecule has 1 aliphatic carbocycles. The summed E-state index contributed by atoms with van der Waals surface area (Å²) in [7, 11) is 0. The fourth-order valence-electron chi connectivity index (χ4n) is 2.92. The standard InChI is InChI=1S/C19H19F3N2O4/c20-19(21,22)15-4-2-1-3-14(15)16-8-7-13(28-16)10-24(12-5-6-12)11-17(25)23-9-18(26)27/h1-4,7-8,12H,5-6,9-11H2,(H,23,25)(H,26,27). The third kappa shape index (κ3) is 5.13. The highest BCUT2D eigenvalue weighted by Gasteiger charge is 2.34. The summed E-state index contributed by atoms with van der Waals surface area (Å²) in [6, 6.07) is 8.43. The number of halogens is 3. The first-order valence-electron chi connectivity index (χ1n) is 8.72. The van der Waals surface area contributed by atoms with E-state index in [0.29, 0.717) is 5.76 Å². The molecule has 0 bridgehead atoms. The van der Waals surface area contributed by atoms with Gasteiger partial charge in [0.1, 0.15) is 18.1 Å². The first kappa shape index (κ1) is 19.9. The van der Waals surface area contributed by atoms with Crippen LogP contribution in [0.1, 0.15) is 24.2 Å². The summed E-state index contributed by atoms with van der Waals surface area (Å²) < 4.78 is 45.2. The maximum Gasteiger partial charge on any atom is 0.417 e. The van der Waals surface area contributed by atoms with Gasteiger partial charge in [-0.2, -0.15) is 13.2 Å². The first-order chi connectivity index (χ1) is 13.2. The van der Waals surface area contributed by atoms with E-state index in [1.807, 2.05) is 4.90 Å². The average Bonchev–Trinajstić information content (AvgIpc) is 3.38. The summed E-state index contributed by atoms with van der Waals surface area (Å²) in [5, 5.41) is 10.9. The SMILES string of the molecule is O=C(O)CNC(=O)CN(Cc1ccc(-c2ccccc2C(F)(F)F)o1)C1CC1. The quantitative estimate of drug-likeness (QED) is 0.716. The fraction of sp³-hybridized carbons (Fsp3) is 0.368. The largest absolute Gasteiger partial charge is 0.480 e. The predicted molar refractivity (Wildman–Crippen MR) is 93.2 cm³/mol. The van der Waals surface area contributed by atoms with Crippen molar-refractivity contribution in [3.63, 3.8) is 0 Å². The van der Waals surface area contributed by atoms with Crippen LogP contribution in [0.4, 0.5) is 13.2 Å². The second-order valence-electron chi connectivity index (χ2n) is 6.62. The van der Waals surface area contributed by atoms with Gasteiger partial charge in [-0.15, -0.1) is 0 Å². The topological polar surface area (TPSA) is 82.8 Å². The fourth-order valence-corrected chi connectivity index (χ4v) is 2.92. The van der Waals surface area contributed by atoms with Crippen LogP contribution >= 0.6 is 0 Å². The van der Waals surface area contributed by atoms with Crippen LogP contribution in [0.25, 0.3) is 11.3 Å². The van der Waals surface area contributed by atoms with Gasteiger partial charge in [0.2, 0.25) is 5.91 Å². The van der Waals surface area contributed by atoms with Crippen LogP contribution < -0.4 is 5.32 Å². The van der Waals surface area contributed by atoms with E-state index in [-0.39, 0.29) is 30.5 Å². The van der Waals surface area contributed by atoms with Gasteiger partial charge in [0, 0.05) is 11.6 Å². The molecule has 0 atom stereocenters. The van der Waals surface area contributed by atoms with Gasteiger partial charge in [-0.3, -0.25) is 14.5 Å². The number of nitrogens with zero attached hydrogens (tertiary/aromatic N) is 1. The Morgan fingerprint density at radius 2 is 1.89 bits per heavy atom. The first-order valence-corrected chi connectivity index (χ1v) is 8.72. The molecule has 0 radical (unpaired) electrons. The molecule has 1 aromatic carbocycles. The second kappa shape index (κ2) is 8.05. The number of aliphatic carboxylic acids is 1. The van der Waals surface area contributed by atoms with E-state index in [0.717, 1.165) is 18.9 Å². The summed E-state index contributed by atoms with van der Waals surface area (Å²) in [5.41, 5.74) is -0.818. The smallest absolute Gasteiger partial charge is 0.417 e. The molecule has 2 aromatic rings. The minimum Gasteiger partial charge on any atom is -0.480 e. The third-order valence-corrected chi connectivity index (χ3v) is 4.37. The number of carboxylic acids is 1. The zero-order valence-electron chi connectivity index (χ0n) is 14.8. The van der Waals surface area contributed by atoms with Crippen LogP contribution in [-0.4, -0.2) is 41.0 Å². The average molecular weight is 396 g/mol. The Labute approximate surface area is 158 Å². The van der Waals surface area contributed by atoms with Crippen molar-refractivity contribution in [2.75, 3.05) is 13.1 Å². The number of furan rings is 1. The van der Waals surface area contributed by atoms with Crippen molar-refractivity contribution in [2.45, 2.75) is 31.6 Å². The molecular weight excluding hydrogens is 377 g/mol. The van der Waals surface area contributed by atoms with E-state index in [1.165, 1.54) is 24.3 Å². The Bertz CT molecular complexity index is 859. The molecule has 0 spiro atoms. The van der Waals surface area contributed by atoms with Crippen molar-refractivity contribution in [3.05, 3.63) is 47.7 Å². The number of alkyl halides is 3. The molecule has 1 saturated carbocycles. The zero-order chi connectivity index (χ0) is 20.3. The highest BCUT2D eigenvalue weighted by Crippen LogP contribution is 2.38. The molecule has 1 aromatic heterocycles. The van der Waals surface area contributed by atoms with Gasteiger partial charge < -0.3 is 14.8 Å². The second-order valence-corrected chi connectivity index (χ2v) is 6.62. The number of rotatable bonds is 8. The molecule has 0 unspecified atom stereocenters. The number of amides is 1. The highest BCUT2D eigenvalue weighted by atomic mass is 19.4. The monoisotopic (exact) mass is 396 g/mol. The summed E-state index contributed by atoms with van der Waals surface area (Å²) in [6.45, 7) is -0.219. The number of carboxylic acid groups (broad SMARTS) is 1. The number of nitrogens with one attached hydrogen (secondary N) is 1. The summed E-state index contributed by atoms with van der Waals surface area (Å²) >= 11 is 0. The molecule has 2 N–H and O–H groups in total. The van der Waals surface area contributed by atoms with E-state index in [2.05, 4.69) is 5.32 Å². The van der Waals surface area contributed by atoms with Crippen LogP contribution in [-0.2, 0) is 22.3 Å². The predicted octanol–water partition coefficient (Wildman–Crippen LogP) is 3.13. The molecule has 1 heterocycles. The number of hydrogen-bond donors (Lipinski definition) is 2. The molecule has 1 aliphatic rings. The maximum atomic E-state index is 13.2. The Morgan fingerprint density at radius 1 is 1.18 bits per heavy atom. The Balaban J connectivity index is 1.71. The number of hydrogen-bond acceptors (Lipinski definition) is 4. The number of benzene rings is 1. The van der Waals surface area contributed by atoms with Gasteiger partial charge >= 0.3 is 12.1 Å². The lowest BCUT2D eigenvalue weighted by Crippen LogP contribution is -2.39. The van der Waals surface area contributed by atoms with Crippen molar-refractivity contribution >= 4 is 11.9 Å². The van der Waals surface area contributed by atoms with Crippen LogP contribution in [0.3, 0.4) is 0 Å². The highest BCUT2D eigenvalue weighted by molar-refractivity contribution is 5.82. The Hall–Kier alpha value is -2.81. The van der Waals surface area contributed by atoms with Crippen LogP contribution in [0, 0.1) is 0 Å². The summed E-state index contributed by atoms with van der Waals surface area (Å²) in [5.74, 6) is -1.02. The molecule has 0 aliphatic heterocycles. The van der Waals surface area contributed by atoms with E-state index in [9.17, 15) is 22.8 Å². The van der Waals surface area contributed by atoms with Gasteiger partial charge in [-0.1, -0.05) is 18.2 Å². The molecule has 9 heteroatoms. The van der Waals surface area contributed by atoms with Crippen molar-refractivity contribution in [2.24, 2.45) is 0 Å². The molecule has 0 saturated heterocycles. The van der Waals surface area contributed by atoms with Crippen molar-refractivity contribution < 1.29 is 32.3 Å². The number of carbonyl (C=O) groups is 2. The molecule has 6 nitrogen and oxygen atoms in total. The van der Waals surface area contributed by atoms with E-state index in [1.54, 1.807) is 6.07 Å². The Kier molecular flexibility index (Phi) is 5.73. The lowest BCUT2D eigenvalue weighted by atomic mass is 10.1. The van der Waals surface area contributed by atoms with Crippen molar-refractivity contribution in [1.82, 2.24) is 10.2 Å². The molecule has 150 valence electrons. The van der Waals surface area contributed by atoms with Crippen LogP contribution in [0.5, 0.6) is 0 Å². The van der Waals surface area contributed by atoms with E-state index < -0.39 is 30.2 Å². The van der Waals surface area contributed by atoms with Crippen LogP contribution in [0.2, 0.25) is 0 Å².